The van der Waals surface area contributed by atoms with E-state index in [-0.39, 0.29) is 5.69 Å². The molecule has 1 amide bonds. The van der Waals surface area contributed by atoms with Gasteiger partial charge in [0.25, 0.3) is 5.91 Å². The molecule has 0 aliphatic rings. The van der Waals surface area contributed by atoms with E-state index in [0.717, 1.165) is 4.42 Å². The molecule has 0 bridgehead atoms. The van der Waals surface area contributed by atoms with Crippen molar-refractivity contribution in [1.29, 1.82) is 0 Å². The molecule has 1 atom stereocenters. The fourth-order valence-corrected chi connectivity index (χ4v) is 2.94. The van der Waals surface area contributed by atoms with Crippen molar-refractivity contribution in [3.05, 3.63) is 36.4 Å². The molecule has 0 aliphatic carbocycles. The summed E-state index contributed by atoms with van der Waals surface area (Å²) in [6.07, 6.45) is 0. The largest absolute Gasteiger partial charge is 0.497 e. The van der Waals surface area contributed by atoms with Gasteiger partial charge in [0.05, 0.1) is 33.1 Å². The summed E-state index contributed by atoms with van der Waals surface area (Å²) in [5.74, 6) is 0.504. The second-order valence-corrected chi connectivity index (χ2v) is 6.75. The monoisotopic (exact) mass is 463 g/mol. The maximum atomic E-state index is 13.0. The Kier molecular flexibility index (Phi) is 9.27. The summed E-state index contributed by atoms with van der Waals surface area (Å²) in [5, 5.41) is 8.03. The van der Waals surface area contributed by atoms with Crippen LogP contribution in [0.3, 0.4) is 0 Å². The van der Waals surface area contributed by atoms with Crippen molar-refractivity contribution in [1.82, 2.24) is 0 Å². The summed E-state index contributed by atoms with van der Waals surface area (Å²) in [7, 11) is 2.91. The molecule has 0 saturated heterocycles. The van der Waals surface area contributed by atoms with E-state index in [2.05, 4.69) is 10.2 Å². The lowest BCUT2D eigenvalue weighted by atomic mass is 10.2. The number of carbonyl (C=O) groups excluding carboxylic acids is 2. The Morgan fingerprint density at radius 3 is 2.09 bits per heavy atom. The zero-order valence-electron chi connectivity index (χ0n) is 18.6. The van der Waals surface area contributed by atoms with Crippen LogP contribution in [0.2, 0.25) is 0 Å². The van der Waals surface area contributed by atoms with Crippen molar-refractivity contribution >= 4 is 34.8 Å². The van der Waals surface area contributed by atoms with Gasteiger partial charge in [0, 0.05) is 36.0 Å². The van der Waals surface area contributed by atoms with E-state index in [1.807, 2.05) is 13.8 Å². The van der Waals surface area contributed by atoms with Gasteiger partial charge in [-0.3, -0.25) is 9.59 Å². The minimum atomic E-state index is -1.46. The first kappa shape index (κ1) is 24.9. The number of carbonyl (C=O) groups is 2. The molecule has 10 heteroatoms. The second-order valence-electron chi connectivity index (χ2n) is 6.41. The van der Waals surface area contributed by atoms with Crippen LogP contribution in [-0.2, 0) is 9.59 Å². The van der Waals surface area contributed by atoms with Crippen molar-refractivity contribution in [2.75, 3.05) is 31.9 Å². The molecule has 0 heterocycles. The first-order valence-corrected chi connectivity index (χ1v) is 10.2. The molecule has 0 radical (unpaired) electrons. The van der Waals surface area contributed by atoms with Gasteiger partial charge in [-0.15, -0.1) is 0 Å². The SMILES string of the molecule is CCOc1cc(N=NC(C(C)=O)C(=O)N(Cl)c2cc(OC)ccc2OC)cc(OCC)c1. The number of Topliss-reactive ketones (excluding diaryl/α,β-unsaturated/α-hetero) is 1. The van der Waals surface area contributed by atoms with E-state index < -0.39 is 17.7 Å². The fraction of sp³-hybridized carbons (Fsp3) is 0.364. The maximum absolute atomic E-state index is 13.0. The second kappa shape index (κ2) is 11.9. The molecule has 32 heavy (non-hydrogen) atoms. The number of benzene rings is 2. The third-order valence-electron chi connectivity index (χ3n) is 4.19. The lowest BCUT2D eigenvalue weighted by molar-refractivity contribution is -0.126. The zero-order valence-corrected chi connectivity index (χ0v) is 19.4. The van der Waals surface area contributed by atoms with Crippen LogP contribution in [0, 0.1) is 0 Å². The highest BCUT2D eigenvalue weighted by Gasteiger charge is 2.30. The van der Waals surface area contributed by atoms with Gasteiger partial charge in [-0.1, -0.05) is 0 Å². The topological polar surface area (TPSA) is 99.0 Å². The number of hydrogen-bond donors (Lipinski definition) is 0. The highest BCUT2D eigenvalue weighted by Crippen LogP contribution is 2.34. The highest BCUT2D eigenvalue weighted by atomic mass is 35.5. The number of halogens is 1. The molecular weight excluding hydrogens is 438 g/mol. The highest BCUT2D eigenvalue weighted by molar-refractivity contribution is 6.39. The van der Waals surface area contributed by atoms with E-state index in [0.29, 0.717) is 41.9 Å². The normalized spacial score (nSPS) is 11.7. The Hall–Kier alpha value is -3.33. The number of ether oxygens (including phenoxy) is 4. The molecule has 2 aromatic carbocycles. The Morgan fingerprint density at radius 2 is 1.59 bits per heavy atom. The Labute approximate surface area is 192 Å². The number of rotatable bonds is 11. The van der Waals surface area contributed by atoms with Crippen molar-refractivity contribution in [3.8, 4) is 23.0 Å². The number of hydrogen-bond acceptors (Lipinski definition) is 8. The van der Waals surface area contributed by atoms with Gasteiger partial charge >= 0.3 is 0 Å². The van der Waals surface area contributed by atoms with Crippen molar-refractivity contribution in [3.63, 3.8) is 0 Å². The summed E-state index contributed by atoms with van der Waals surface area (Å²) in [6.45, 7) is 5.83. The van der Waals surface area contributed by atoms with Crippen LogP contribution < -0.4 is 23.4 Å². The summed E-state index contributed by atoms with van der Waals surface area (Å²) in [4.78, 5) is 25.2. The average Bonchev–Trinajstić information content (AvgIpc) is 2.78. The summed E-state index contributed by atoms with van der Waals surface area (Å²) in [5.41, 5.74) is 0.565. The van der Waals surface area contributed by atoms with E-state index in [9.17, 15) is 9.59 Å². The van der Waals surface area contributed by atoms with Crippen LogP contribution >= 0.6 is 11.8 Å². The minimum Gasteiger partial charge on any atom is -0.497 e. The number of nitrogens with zero attached hydrogens (tertiary/aromatic N) is 3. The van der Waals surface area contributed by atoms with Crippen LogP contribution in [0.1, 0.15) is 20.8 Å². The number of anilines is 1. The van der Waals surface area contributed by atoms with Gasteiger partial charge in [0.2, 0.25) is 6.04 Å². The standard InChI is InChI=1S/C22H26ClN3O6/c1-6-31-17-10-15(11-18(12-17)32-7-2)24-25-21(14(3)27)22(28)26(23)19-13-16(29-4)8-9-20(19)30-5/h8-13,21H,6-7H2,1-5H3. The molecule has 1 unspecified atom stereocenters. The van der Waals surface area contributed by atoms with Gasteiger partial charge in [-0.25, -0.2) is 4.42 Å². The molecule has 0 N–H and O–H groups in total. The lowest BCUT2D eigenvalue weighted by Gasteiger charge is -2.19. The molecule has 172 valence electrons. The van der Waals surface area contributed by atoms with Crippen LogP contribution in [0.4, 0.5) is 11.4 Å². The first-order valence-electron chi connectivity index (χ1n) is 9.88. The van der Waals surface area contributed by atoms with E-state index in [1.54, 1.807) is 30.3 Å². The number of amides is 1. The molecule has 0 spiro atoms. The van der Waals surface area contributed by atoms with Crippen molar-refractivity contribution < 1.29 is 28.5 Å². The van der Waals surface area contributed by atoms with Crippen molar-refractivity contribution in [2.24, 2.45) is 10.2 Å². The van der Waals surface area contributed by atoms with E-state index >= 15 is 0 Å². The number of ketones is 1. The predicted octanol–water partition coefficient (Wildman–Crippen LogP) is 4.73. The molecule has 2 aromatic rings. The van der Waals surface area contributed by atoms with E-state index in [1.165, 1.54) is 27.2 Å². The van der Waals surface area contributed by atoms with Crippen LogP contribution in [0.15, 0.2) is 46.6 Å². The third-order valence-corrected chi connectivity index (χ3v) is 4.53. The minimum absolute atomic E-state index is 0.206. The molecule has 0 saturated carbocycles. The van der Waals surface area contributed by atoms with Crippen LogP contribution in [-0.4, -0.2) is 45.2 Å². The lowest BCUT2D eigenvalue weighted by Crippen LogP contribution is -2.36. The maximum Gasteiger partial charge on any atom is 0.276 e. The Morgan fingerprint density at radius 1 is 0.969 bits per heavy atom. The van der Waals surface area contributed by atoms with Gasteiger partial charge in [-0.2, -0.15) is 10.2 Å². The van der Waals surface area contributed by atoms with Gasteiger partial charge in [-0.05, 0) is 32.9 Å². The number of azo groups is 1. The van der Waals surface area contributed by atoms with E-state index in [4.69, 9.17) is 30.7 Å². The Bertz CT molecular complexity index is 958. The summed E-state index contributed by atoms with van der Waals surface area (Å²) >= 11 is 6.28. The van der Waals surface area contributed by atoms with Crippen molar-refractivity contribution in [2.45, 2.75) is 26.8 Å². The fourth-order valence-electron chi connectivity index (χ4n) is 2.72. The average molecular weight is 464 g/mol. The quantitative estimate of drug-likeness (QED) is 0.271. The van der Waals surface area contributed by atoms with Gasteiger partial charge < -0.3 is 18.9 Å². The predicted molar refractivity (Wildman–Crippen MR) is 121 cm³/mol. The molecule has 0 fully saturated rings. The Balaban J connectivity index is 2.35. The molecule has 0 aromatic heterocycles. The molecule has 9 nitrogen and oxygen atoms in total. The first-order chi connectivity index (χ1) is 15.3. The zero-order chi connectivity index (χ0) is 23.7. The smallest absolute Gasteiger partial charge is 0.276 e. The molecule has 2 rings (SSSR count). The van der Waals surface area contributed by atoms with Gasteiger partial charge in [0.1, 0.15) is 28.7 Å². The number of methoxy groups -OCH3 is 2. The summed E-state index contributed by atoms with van der Waals surface area (Å²) < 4.78 is 22.2. The molecular formula is C22H26ClN3O6. The van der Waals surface area contributed by atoms with Crippen LogP contribution in [0.25, 0.3) is 0 Å². The van der Waals surface area contributed by atoms with Crippen LogP contribution in [0.5, 0.6) is 23.0 Å². The summed E-state index contributed by atoms with van der Waals surface area (Å²) in [6, 6.07) is 8.26. The molecule has 0 aliphatic heterocycles. The third kappa shape index (κ3) is 6.34. The van der Waals surface area contributed by atoms with Gasteiger partial charge in [0.15, 0.2) is 5.78 Å².